The van der Waals surface area contributed by atoms with Crippen LogP contribution in [0, 0.1) is 22.2 Å². The van der Waals surface area contributed by atoms with Gasteiger partial charge in [0, 0.05) is 0 Å². The summed E-state index contributed by atoms with van der Waals surface area (Å²) in [6.45, 7) is 6.97. The van der Waals surface area contributed by atoms with Gasteiger partial charge < -0.3 is 4.79 Å². The van der Waals surface area contributed by atoms with Gasteiger partial charge in [0.1, 0.15) is 6.29 Å². The highest BCUT2D eigenvalue weighted by atomic mass is 16.1. The van der Waals surface area contributed by atoms with Crippen molar-refractivity contribution in [3.8, 4) is 0 Å². The van der Waals surface area contributed by atoms with E-state index in [4.69, 9.17) is 0 Å². The van der Waals surface area contributed by atoms with Gasteiger partial charge in [-0.1, -0.05) is 31.9 Å². The average Bonchev–Trinajstić information content (AvgIpc) is 2.76. The van der Waals surface area contributed by atoms with Crippen molar-refractivity contribution in [3.05, 3.63) is 11.6 Å². The van der Waals surface area contributed by atoms with Gasteiger partial charge in [0.25, 0.3) is 0 Å². The van der Waals surface area contributed by atoms with E-state index in [-0.39, 0.29) is 10.8 Å². The van der Waals surface area contributed by atoms with Gasteiger partial charge in [-0.2, -0.15) is 0 Å². The summed E-state index contributed by atoms with van der Waals surface area (Å²) >= 11 is 0. The van der Waals surface area contributed by atoms with Crippen molar-refractivity contribution in [2.45, 2.75) is 52.9 Å². The summed E-state index contributed by atoms with van der Waals surface area (Å²) in [6, 6.07) is 0. The Morgan fingerprint density at radius 3 is 2.81 bits per heavy atom. The Morgan fingerprint density at radius 2 is 2.12 bits per heavy atom. The van der Waals surface area contributed by atoms with Crippen molar-refractivity contribution in [1.82, 2.24) is 0 Å². The maximum atomic E-state index is 11.8. The molecule has 0 aromatic heterocycles. The molecule has 16 heavy (non-hydrogen) atoms. The number of carbonyl (C=O) groups excluding carboxylic acids is 1. The van der Waals surface area contributed by atoms with Crippen LogP contribution in [0.3, 0.4) is 0 Å². The minimum Gasteiger partial charge on any atom is -0.302 e. The third-order valence-electron chi connectivity index (χ3n) is 6.34. The summed E-state index contributed by atoms with van der Waals surface area (Å²) in [4.78, 5) is 11.8. The maximum absolute atomic E-state index is 11.8. The Balaban J connectivity index is 2.26. The molecule has 0 unspecified atom stereocenters. The van der Waals surface area contributed by atoms with E-state index in [1.807, 2.05) is 0 Å². The molecule has 3 aliphatic rings. The summed E-state index contributed by atoms with van der Waals surface area (Å²) in [6.07, 6.45) is 9.93. The molecule has 88 valence electrons. The van der Waals surface area contributed by atoms with Gasteiger partial charge in [0.2, 0.25) is 0 Å². The highest BCUT2D eigenvalue weighted by Crippen LogP contribution is 2.76. The second-order valence-electron chi connectivity index (χ2n) is 6.60. The van der Waals surface area contributed by atoms with Crippen LogP contribution in [0.25, 0.3) is 0 Å². The van der Waals surface area contributed by atoms with Crippen LogP contribution in [0.15, 0.2) is 11.6 Å². The van der Waals surface area contributed by atoms with E-state index >= 15 is 0 Å². The highest BCUT2D eigenvalue weighted by Gasteiger charge is 2.71. The van der Waals surface area contributed by atoms with Crippen LogP contribution < -0.4 is 0 Å². The molecule has 0 bridgehead atoms. The van der Waals surface area contributed by atoms with Gasteiger partial charge in [-0.15, -0.1) is 0 Å². The molecule has 1 nitrogen and oxygen atoms in total. The number of carbonyl (C=O) groups is 1. The molecule has 0 heterocycles. The second-order valence-corrected chi connectivity index (χ2v) is 6.60. The first-order valence-electron chi connectivity index (χ1n) is 6.69. The number of rotatable bonds is 1. The van der Waals surface area contributed by atoms with Crippen molar-refractivity contribution in [2.75, 3.05) is 0 Å². The molecule has 3 rings (SSSR count). The SMILES string of the molecule is CC1=C[C@@]2(C)CCC[C@]23[C@@H](C)CC[C@]13C=O. The molecule has 0 aromatic rings. The number of hydrogen-bond acceptors (Lipinski definition) is 1. The van der Waals surface area contributed by atoms with E-state index in [9.17, 15) is 4.79 Å². The summed E-state index contributed by atoms with van der Waals surface area (Å²) < 4.78 is 0. The van der Waals surface area contributed by atoms with Crippen molar-refractivity contribution < 1.29 is 4.79 Å². The normalized spacial score (nSPS) is 54.7. The van der Waals surface area contributed by atoms with Crippen molar-refractivity contribution in [1.29, 1.82) is 0 Å². The van der Waals surface area contributed by atoms with Gasteiger partial charge in [0.05, 0.1) is 5.41 Å². The zero-order valence-electron chi connectivity index (χ0n) is 10.7. The van der Waals surface area contributed by atoms with E-state index in [0.717, 1.165) is 6.42 Å². The second kappa shape index (κ2) is 2.80. The highest BCUT2D eigenvalue weighted by molar-refractivity contribution is 5.71. The zero-order valence-corrected chi connectivity index (χ0v) is 10.7. The molecular formula is C15H22O. The lowest BCUT2D eigenvalue weighted by Gasteiger charge is -2.47. The Hall–Kier alpha value is -0.590. The summed E-state index contributed by atoms with van der Waals surface area (Å²) in [5, 5.41) is 0. The van der Waals surface area contributed by atoms with Crippen LogP contribution in [0.4, 0.5) is 0 Å². The van der Waals surface area contributed by atoms with Crippen LogP contribution in [-0.4, -0.2) is 6.29 Å². The van der Waals surface area contributed by atoms with E-state index in [2.05, 4.69) is 26.8 Å². The molecule has 1 heteroatoms. The lowest BCUT2D eigenvalue weighted by Crippen LogP contribution is -2.45. The van der Waals surface area contributed by atoms with Crippen LogP contribution in [0.5, 0.6) is 0 Å². The molecule has 0 amide bonds. The number of aldehydes is 1. The standard InChI is InChI=1S/C15H22O/c1-11-5-8-14(10-16)12(2)9-13(3)6-4-7-15(11,13)14/h9-11H,4-8H2,1-3H3/t11-,13+,14-,15-/m0/s1. The fourth-order valence-corrected chi connectivity index (χ4v) is 5.75. The largest absolute Gasteiger partial charge is 0.302 e. The Kier molecular flexibility index (Phi) is 1.85. The molecule has 0 aliphatic heterocycles. The molecule has 2 saturated carbocycles. The molecule has 4 atom stereocenters. The predicted octanol–water partition coefficient (Wildman–Crippen LogP) is 3.74. The number of allylic oxidation sites excluding steroid dienone is 2. The fourth-order valence-electron chi connectivity index (χ4n) is 5.75. The van der Waals surface area contributed by atoms with Crippen molar-refractivity contribution in [3.63, 3.8) is 0 Å². The van der Waals surface area contributed by atoms with E-state index in [0.29, 0.717) is 11.3 Å². The van der Waals surface area contributed by atoms with E-state index in [1.165, 1.54) is 37.5 Å². The molecule has 0 aromatic carbocycles. The quantitative estimate of drug-likeness (QED) is 0.484. The molecule has 3 aliphatic carbocycles. The third-order valence-corrected chi connectivity index (χ3v) is 6.34. The topological polar surface area (TPSA) is 17.1 Å². The van der Waals surface area contributed by atoms with Crippen LogP contribution in [-0.2, 0) is 4.79 Å². The Bertz CT molecular complexity index is 383. The Morgan fingerprint density at radius 1 is 1.38 bits per heavy atom. The van der Waals surface area contributed by atoms with Crippen molar-refractivity contribution in [2.24, 2.45) is 22.2 Å². The van der Waals surface area contributed by atoms with Gasteiger partial charge >= 0.3 is 0 Å². The molecule has 0 saturated heterocycles. The first-order valence-corrected chi connectivity index (χ1v) is 6.69. The molecule has 0 radical (unpaired) electrons. The molecule has 2 fully saturated rings. The maximum Gasteiger partial charge on any atom is 0.130 e. The zero-order chi connectivity index (χ0) is 11.6. The third kappa shape index (κ3) is 0.781. The molecule has 1 spiro atoms. The van der Waals surface area contributed by atoms with Crippen LogP contribution in [0.1, 0.15) is 52.9 Å². The van der Waals surface area contributed by atoms with E-state index in [1.54, 1.807) is 0 Å². The fraction of sp³-hybridized carbons (Fsp3) is 0.800. The van der Waals surface area contributed by atoms with Gasteiger partial charge in [-0.3, -0.25) is 0 Å². The monoisotopic (exact) mass is 218 g/mol. The number of hydrogen-bond donors (Lipinski definition) is 0. The van der Waals surface area contributed by atoms with E-state index < -0.39 is 0 Å². The predicted molar refractivity (Wildman–Crippen MR) is 65.0 cm³/mol. The summed E-state index contributed by atoms with van der Waals surface area (Å²) in [5.41, 5.74) is 1.84. The lowest BCUT2D eigenvalue weighted by molar-refractivity contribution is -0.122. The summed E-state index contributed by atoms with van der Waals surface area (Å²) in [7, 11) is 0. The minimum atomic E-state index is -0.0995. The van der Waals surface area contributed by atoms with Crippen LogP contribution in [0.2, 0.25) is 0 Å². The first kappa shape index (κ1) is 10.6. The van der Waals surface area contributed by atoms with Crippen molar-refractivity contribution >= 4 is 6.29 Å². The van der Waals surface area contributed by atoms with Gasteiger partial charge in [-0.25, -0.2) is 0 Å². The minimum absolute atomic E-state index is 0.0995. The Labute approximate surface area is 98.3 Å². The van der Waals surface area contributed by atoms with Gasteiger partial charge in [0.15, 0.2) is 0 Å². The van der Waals surface area contributed by atoms with Gasteiger partial charge in [-0.05, 0) is 49.4 Å². The smallest absolute Gasteiger partial charge is 0.130 e. The molecule has 0 N–H and O–H groups in total. The van der Waals surface area contributed by atoms with Crippen LogP contribution >= 0.6 is 0 Å². The average molecular weight is 218 g/mol. The molecular weight excluding hydrogens is 196 g/mol. The summed E-state index contributed by atoms with van der Waals surface area (Å²) in [5.74, 6) is 0.707. The lowest BCUT2D eigenvalue weighted by atomic mass is 9.55. The first-order chi connectivity index (χ1) is 7.52.